The van der Waals surface area contributed by atoms with Crippen molar-refractivity contribution in [2.75, 3.05) is 19.8 Å². The first-order valence-electron chi connectivity index (χ1n) is 7.23. The minimum atomic E-state index is -0.751. The van der Waals surface area contributed by atoms with Crippen molar-refractivity contribution in [1.82, 2.24) is 4.90 Å². The number of carboxylic acids is 1. The van der Waals surface area contributed by atoms with Gasteiger partial charge in [0.15, 0.2) is 0 Å². The molecule has 1 aromatic rings. The summed E-state index contributed by atoms with van der Waals surface area (Å²) in [5.41, 5.74) is 0. The first-order chi connectivity index (χ1) is 9.58. The van der Waals surface area contributed by atoms with Crippen LogP contribution in [0.3, 0.4) is 0 Å². The van der Waals surface area contributed by atoms with Crippen molar-refractivity contribution in [2.45, 2.75) is 39.3 Å². The summed E-state index contributed by atoms with van der Waals surface area (Å²) in [7, 11) is 0. The fourth-order valence-corrected chi connectivity index (χ4v) is 3.90. The lowest BCUT2D eigenvalue weighted by Crippen LogP contribution is -2.44. The minimum absolute atomic E-state index is 0.0281. The highest BCUT2D eigenvalue weighted by Crippen LogP contribution is 2.32. The quantitative estimate of drug-likeness (QED) is 0.877. The molecule has 112 valence electrons. The fraction of sp³-hybridized carbons (Fsp3) is 0.667. The Labute approximate surface area is 124 Å². The number of ether oxygens (including phenoxy) is 1. The molecule has 1 aliphatic rings. The second kappa shape index (κ2) is 6.70. The van der Waals surface area contributed by atoms with Gasteiger partial charge in [-0.2, -0.15) is 0 Å². The summed E-state index contributed by atoms with van der Waals surface area (Å²) in [6, 6.07) is 4.55. The van der Waals surface area contributed by atoms with Gasteiger partial charge in [-0.05, 0) is 32.0 Å². The minimum Gasteiger partial charge on any atom is -0.481 e. The average molecular weight is 297 g/mol. The second-order valence-electron chi connectivity index (χ2n) is 5.21. The predicted molar refractivity (Wildman–Crippen MR) is 80.2 cm³/mol. The maximum absolute atomic E-state index is 11.3. The van der Waals surface area contributed by atoms with E-state index in [2.05, 4.69) is 37.8 Å². The Kier molecular flexibility index (Phi) is 5.18. The van der Waals surface area contributed by atoms with Crippen molar-refractivity contribution in [3.8, 4) is 0 Å². The van der Waals surface area contributed by atoms with Crippen LogP contribution in [0.5, 0.6) is 0 Å². The highest BCUT2D eigenvalue weighted by molar-refractivity contribution is 7.12. The van der Waals surface area contributed by atoms with Crippen molar-refractivity contribution in [3.05, 3.63) is 21.9 Å². The maximum Gasteiger partial charge on any atom is 0.310 e. The normalized spacial score (nSPS) is 24.2. The summed E-state index contributed by atoms with van der Waals surface area (Å²) in [6.45, 7) is 8.07. The van der Waals surface area contributed by atoms with Gasteiger partial charge < -0.3 is 9.84 Å². The van der Waals surface area contributed by atoms with E-state index >= 15 is 0 Å². The van der Waals surface area contributed by atoms with E-state index in [1.807, 2.05) is 11.3 Å². The zero-order chi connectivity index (χ0) is 14.7. The fourth-order valence-electron chi connectivity index (χ4n) is 2.87. The number of hydrogen-bond acceptors (Lipinski definition) is 4. The van der Waals surface area contributed by atoms with Crippen molar-refractivity contribution >= 4 is 17.3 Å². The first-order valence-corrected chi connectivity index (χ1v) is 8.05. The van der Waals surface area contributed by atoms with Crippen molar-refractivity contribution < 1.29 is 14.6 Å². The van der Waals surface area contributed by atoms with Crippen LogP contribution in [0.4, 0.5) is 0 Å². The molecule has 0 aliphatic carbocycles. The van der Waals surface area contributed by atoms with Gasteiger partial charge >= 0.3 is 5.97 Å². The lowest BCUT2D eigenvalue weighted by molar-refractivity contribution is -0.143. The van der Waals surface area contributed by atoms with Crippen LogP contribution >= 0.6 is 11.3 Å². The molecular formula is C15H23NO3S. The lowest BCUT2D eigenvalue weighted by Gasteiger charge is -2.34. The second-order valence-corrected chi connectivity index (χ2v) is 6.41. The summed E-state index contributed by atoms with van der Waals surface area (Å²) in [6.07, 6.45) is 1.05. The molecule has 20 heavy (non-hydrogen) atoms. The molecule has 1 fully saturated rings. The highest BCUT2D eigenvalue weighted by Gasteiger charge is 2.39. The molecule has 0 radical (unpaired) electrons. The molecule has 2 heterocycles. The third-order valence-electron chi connectivity index (χ3n) is 4.10. The van der Waals surface area contributed by atoms with Crippen molar-refractivity contribution in [2.24, 2.45) is 5.92 Å². The van der Waals surface area contributed by atoms with Crippen LogP contribution in [0.2, 0.25) is 0 Å². The van der Waals surface area contributed by atoms with Gasteiger partial charge in [-0.15, -0.1) is 11.3 Å². The van der Waals surface area contributed by atoms with E-state index in [-0.39, 0.29) is 12.1 Å². The van der Waals surface area contributed by atoms with Crippen LogP contribution in [-0.2, 0) is 16.0 Å². The van der Waals surface area contributed by atoms with Crippen LogP contribution < -0.4 is 0 Å². The smallest absolute Gasteiger partial charge is 0.310 e. The Morgan fingerprint density at radius 3 is 2.80 bits per heavy atom. The number of thiophene rings is 1. The van der Waals surface area contributed by atoms with Crippen LogP contribution in [0, 0.1) is 5.92 Å². The van der Waals surface area contributed by atoms with Crippen molar-refractivity contribution in [3.63, 3.8) is 0 Å². The van der Waals surface area contributed by atoms with E-state index < -0.39 is 11.9 Å². The van der Waals surface area contributed by atoms with Gasteiger partial charge in [-0.25, -0.2) is 0 Å². The number of hydrogen-bond donors (Lipinski definition) is 1. The van der Waals surface area contributed by atoms with Gasteiger partial charge in [0.05, 0.1) is 19.1 Å². The van der Waals surface area contributed by atoms with E-state index in [9.17, 15) is 9.90 Å². The highest BCUT2D eigenvalue weighted by atomic mass is 32.1. The standard InChI is InChI=1S/C15H23NO3S/c1-4-11-6-7-14(20-11)10(3)16(5-2)13-9-19-8-12(13)15(17)18/h6-7,10,12-13H,4-5,8-9H2,1-3H3,(H,17,18). The van der Waals surface area contributed by atoms with Crippen LogP contribution in [-0.4, -0.2) is 41.8 Å². The molecule has 4 nitrogen and oxygen atoms in total. The van der Waals surface area contributed by atoms with E-state index in [4.69, 9.17) is 4.74 Å². The molecule has 0 bridgehead atoms. The molecule has 0 aromatic carbocycles. The lowest BCUT2D eigenvalue weighted by atomic mass is 10.0. The molecule has 5 heteroatoms. The van der Waals surface area contributed by atoms with E-state index in [1.165, 1.54) is 9.75 Å². The average Bonchev–Trinajstić information content (AvgIpc) is 3.08. The molecular weight excluding hydrogens is 274 g/mol. The monoisotopic (exact) mass is 297 g/mol. The van der Waals surface area contributed by atoms with Gasteiger partial charge in [0.1, 0.15) is 0 Å². The number of carbonyl (C=O) groups is 1. The Morgan fingerprint density at radius 1 is 1.50 bits per heavy atom. The molecule has 3 atom stereocenters. The van der Waals surface area contributed by atoms with Gasteiger partial charge in [-0.1, -0.05) is 13.8 Å². The zero-order valence-electron chi connectivity index (χ0n) is 12.3. The molecule has 1 aromatic heterocycles. The molecule has 1 saturated heterocycles. The van der Waals surface area contributed by atoms with Gasteiger partial charge in [0.2, 0.25) is 0 Å². The number of likely N-dealkylation sites (N-methyl/N-ethyl adjacent to an activating group) is 1. The van der Waals surface area contributed by atoms with Crippen molar-refractivity contribution in [1.29, 1.82) is 0 Å². The van der Waals surface area contributed by atoms with Gasteiger partial charge in [0, 0.05) is 21.8 Å². The first kappa shape index (κ1) is 15.5. The number of rotatable bonds is 6. The number of carboxylic acid groups (broad SMARTS) is 1. The number of nitrogens with zero attached hydrogens (tertiary/aromatic N) is 1. The SMILES string of the molecule is CCc1ccc(C(C)N(CC)C2COCC2C(=O)O)s1. The number of aryl methyl sites for hydroxylation is 1. The molecule has 0 spiro atoms. The Balaban J connectivity index is 2.16. The third kappa shape index (κ3) is 3.05. The number of aliphatic carboxylic acids is 1. The molecule has 0 saturated carbocycles. The molecule has 3 unspecified atom stereocenters. The summed E-state index contributed by atoms with van der Waals surface area (Å²) in [4.78, 5) is 16.3. The summed E-state index contributed by atoms with van der Waals surface area (Å²) >= 11 is 1.82. The summed E-state index contributed by atoms with van der Waals surface area (Å²) in [5, 5.41) is 9.32. The Morgan fingerprint density at radius 2 is 2.25 bits per heavy atom. The topological polar surface area (TPSA) is 49.8 Å². The van der Waals surface area contributed by atoms with Crippen LogP contribution in [0.1, 0.15) is 36.6 Å². The van der Waals surface area contributed by atoms with Gasteiger partial charge in [0.25, 0.3) is 0 Å². The Bertz CT molecular complexity index is 460. The van der Waals surface area contributed by atoms with E-state index in [0.29, 0.717) is 13.2 Å². The van der Waals surface area contributed by atoms with Crippen LogP contribution in [0.25, 0.3) is 0 Å². The van der Waals surface area contributed by atoms with E-state index in [1.54, 1.807) is 0 Å². The van der Waals surface area contributed by atoms with E-state index in [0.717, 1.165) is 13.0 Å². The molecule has 1 aliphatic heterocycles. The van der Waals surface area contributed by atoms with Crippen LogP contribution in [0.15, 0.2) is 12.1 Å². The van der Waals surface area contributed by atoms with Gasteiger partial charge in [-0.3, -0.25) is 9.69 Å². The molecule has 0 amide bonds. The zero-order valence-corrected chi connectivity index (χ0v) is 13.2. The third-order valence-corrected chi connectivity index (χ3v) is 5.50. The molecule has 2 rings (SSSR count). The predicted octanol–water partition coefficient (Wildman–Crippen LogP) is 2.79. The Hall–Kier alpha value is -0.910. The summed E-state index contributed by atoms with van der Waals surface area (Å²) < 4.78 is 5.41. The molecule has 1 N–H and O–H groups in total. The maximum atomic E-state index is 11.3. The summed E-state index contributed by atoms with van der Waals surface area (Å²) in [5.74, 6) is -1.17. The largest absolute Gasteiger partial charge is 0.481 e.